The van der Waals surface area contributed by atoms with Crippen molar-refractivity contribution in [3.8, 4) is 5.75 Å². The predicted molar refractivity (Wildman–Crippen MR) is 74.2 cm³/mol. The topological polar surface area (TPSA) is 29.5 Å². The second kappa shape index (κ2) is 6.44. The van der Waals surface area contributed by atoms with Crippen LogP contribution in [0.3, 0.4) is 0 Å². The Hall–Kier alpha value is -0.730. The van der Waals surface area contributed by atoms with E-state index in [1.165, 1.54) is 25.7 Å². The van der Waals surface area contributed by atoms with Gasteiger partial charge in [-0.25, -0.2) is 0 Å². The van der Waals surface area contributed by atoms with Crippen LogP contribution in [0.2, 0.25) is 5.02 Å². The lowest BCUT2D eigenvalue weighted by Gasteiger charge is -2.20. The van der Waals surface area contributed by atoms with Crippen LogP contribution >= 0.6 is 11.6 Å². The van der Waals surface area contributed by atoms with Crippen LogP contribution in [-0.4, -0.2) is 11.2 Å². The number of benzene rings is 1. The Labute approximate surface area is 114 Å². The predicted octanol–water partition coefficient (Wildman–Crippen LogP) is 4.49. The molecule has 0 aliphatic heterocycles. The molecule has 1 atom stereocenters. The summed E-state index contributed by atoms with van der Waals surface area (Å²) in [5, 5.41) is 10.4. The monoisotopic (exact) mass is 268 g/mol. The van der Waals surface area contributed by atoms with Gasteiger partial charge in [-0.1, -0.05) is 24.4 Å². The van der Waals surface area contributed by atoms with Crippen molar-refractivity contribution in [1.29, 1.82) is 0 Å². The minimum Gasteiger partial charge on any atom is -0.490 e. The van der Waals surface area contributed by atoms with E-state index in [1.54, 1.807) is 13.0 Å². The van der Waals surface area contributed by atoms with Gasteiger partial charge in [-0.15, -0.1) is 0 Å². The molecule has 0 heterocycles. The molecule has 3 heteroatoms. The fourth-order valence-corrected chi connectivity index (χ4v) is 2.67. The summed E-state index contributed by atoms with van der Waals surface area (Å²) < 4.78 is 6.06. The minimum absolute atomic E-state index is 0.283. The molecular weight excluding hydrogens is 248 g/mol. The lowest BCUT2D eigenvalue weighted by molar-refractivity contribution is 0.161. The van der Waals surface area contributed by atoms with Gasteiger partial charge in [-0.3, -0.25) is 0 Å². The number of aliphatic hydroxyl groups is 1. The Morgan fingerprint density at radius 1 is 1.22 bits per heavy atom. The molecule has 0 aromatic heterocycles. The summed E-state index contributed by atoms with van der Waals surface area (Å²) in [6, 6.07) is 5.48. The minimum atomic E-state index is -0.551. The fraction of sp³-hybridized carbons (Fsp3) is 0.600. The largest absolute Gasteiger partial charge is 0.490 e. The molecule has 0 saturated heterocycles. The molecule has 18 heavy (non-hydrogen) atoms. The average molecular weight is 269 g/mol. The molecule has 1 aliphatic rings. The van der Waals surface area contributed by atoms with E-state index < -0.39 is 6.10 Å². The van der Waals surface area contributed by atoms with Crippen molar-refractivity contribution in [2.24, 2.45) is 0 Å². The summed E-state index contributed by atoms with van der Waals surface area (Å²) >= 11 is 5.96. The smallest absolute Gasteiger partial charge is 0.125 e. The maximum absolute atomic E-state index is 9.78. The van der Waals surface area contributed by atoms with Crippen LogP contribution in [0.4, 0.5) is 0 Å². The number of halogens is 1. The number of aliphatic hydroxyl groups excluding tert-OH is 1. The quantitative estimate of drug-likeness (QED) is 0.818. The highest BCUT2D eigenvalue weighted by molar-refractivity contribution is 6.30. The molecule has 0 spiro atoms. The molecule has 2 nitrogen and oxygen atoms in total. The molecule has 0 amide bonds. The first-order chi connectivity index (χ1) is 8.66. The number of hydrogen-bond donors (Lipinski definition) is 1. The van der Waals surface area contributed by atoms with Gasteiger partial charge in [0.2, 0.25) is 0 Å². The van der Waals surface area contributed by atoms with Crippen molar-refractivity contribution in [3.63, 3.8) is 0 Å². The molecule has 1 saturated carbocycles. The van der Waals surface area contributed by atoms with Gasteiger partial charge >= 0.3 is 0 Å². The third kappa shape index (κ3) is 3.63. The Balaban J connectivity index is 2.12. The highest BCUT2D eigenvalue weighted by atomic mass is 35.5. The molecule has 1 aromatic rings. The van der Waals surface area contributed by atoms with Crippen LogP contribution in [0, 0.1) is 0 Å². The first kappa shape index (κ1) is 13.7. The highest BCUT2D eigenvalue weighted by Crippen LogP contribution is 2.31. The molecule has 0 unspecified atom stereocenters. The van der Waals surface area contributed by atoms with Crippen molar-refractivity contribution >= 4 is 11.6 Å². The molecule has 0 bridgehead atoms. The van der Waals surface area contributed by atoms with Gasteiger partial charge in [0.1, 0.15) is 5.75 Å². The van der Waals surface area contributed by atoms with Crippen LogP contribution in [-0.2, 0) is 0 Å². The molecule has 1 aliphatic carbocycles. The molecule has 1 aromatic carbocycles. The first-order valence-corrected chi connectivity index (χ1v) is 7.19. The van der Waals surface area contributed by atoms with E-state index in [9.17, 15) is 5.11 Å². The number of hydrogen-bond acceptors (Lipinski definition) is 2. The van der Waals surface area contributed by atoms with E-state index in [0.29, 0.717) is 5.02 Å². The molecule has 1 fully saturated rings. The lowest BCUT2D eigenvalue weighted by Crippen LogP contribution is -2.16. The molecule has 100 valence electrons. The van der Waals surface area contributed by atoms with Crippen molar-refractivity contribution in [3.05, 3.63) is 28.8 Å². The summed E-state index contributed by atoms with van der Waals surface area (Å²) in [6.07, 6.45) is 7.05. The van der Waals surface area contributed by atoms with E-state index >= 15 is 0 Å². The van der Waals surface area contributed by atoms with Crippen molar-refractivity contribution in [1.82, 2.24) is 0 Å². The Morgan fingerprint density at radius 3 is 2.50 bits per heavy atom. The fourth-order valence-electron chi connectivity index (χ4n) is 2.49. The molecule has 1 N–H and O–H groups in total. The van der Waals surface area contributed by atoms with Crippen molar-refractivity contribution in [2.75, 3.05) is 0 Å². The van der Waals surface area contributed by atoms with Gasteiger partial charge in [0.25, 0.3) is 0 Å². The third-order valence-corrected chi connectivity index (χ3v) is 3.75. The standard InChI is InChI=1S/C15H21ClO2/c1-11(17)14-10-12(16)8-9-15(14)18-13-6-4-2-3-5-7-13/h8-11,13,17H,2-7H2,1H3/t11-/m1/s1. The maximum Gasteiger partial charge on any atom is 0.125 e. The summed E-state index contributed by atoms with van der Waals surface area (Å²) in [4.78, 5) is 0. The SMILES string of the molecule is C[C@@H](O)c1cc(Cl)ccc1OC1CCCCCC1. The van der Waals surface area contributed by atoms with E-state index in [0.717, 1.165) is 24.2 Å². The van der Waals surface area contributed by atoms with E-state index in [4.69, 9.17) is 16.3 Å². The van der Waals surface area contributed by atoms with E-state index in [1.807, 2.05) is 12.1 Å². The highest BCUT2D eigenvalue weighted by Gasteiger charge is 2.17. The van der Waals surface area contributed by atoms with Crippen LogP contribution in [0.5, 0.6) is 5.75 Å². The van der Waals surface area contributed by atoms with E-state index in [-0.39, 0.29) is 6.10 Å². The zero-order chi connectivity index (χ0) is 13.0. The second-order valence-corrected chi connectivity index (χ2v) is 5.53. The van der Waals surface area contributed by atoms with Gasteiger partial charge in [0.05, 0.1) is 12.2 Å². The zero-order valence-electron chi connectivity index (χ0n) is 10.9. The zero-order valence-corrected chi connectivity index (χ0v) is 11.6. The van der Waals surface area contributed by atoms with Crippen molar-refractivity contribution in [2.45, 2.75) is 57.7 Å². The molecule has 0 radical (unpaired) electrons. The van der Waals surface area contributed by atoms with Crippen LogP contribution < -0.4 is 4.74 Å². The normalized spacial score (nSPS) is 19.3. The summed E-state index contributed by atoms with van der Waals surface area (Å²) in [7, 11) is 0. The van der Waals surface area contributed by atoms with E-state index in [2.05, 4.69) is 0 Å². The number of rotatable bonds is 3. The molecular formula is C15H21ClO2. The summed E-state index contributed by atoms with van der Waals surface area (Å²) in [5.74, 6) is 0.779. The maximum atomic E-state index is 9.78. The van der Waals surface area contributed by atoms with Gasteiger partial charge < -0.3 is 9.84 Å². The Kier molecular flexibility index (Phi) is 4.90. The molecule has 2 rings (SSSR count). The van der Waals surface area contributed by atoms with Gasteiger partial charge in [0, 0.05) is 10.6 Å². The van der Waals surface area contributed by atoms with Gasteiger partial charge in [0.15, 0.2) is 0 Å². The van der Waals surface area contributed by atoms with Crippen molar-refractivity contribution < 1.29 is 9.84 Å². The van der Waals surface area contributed by atoms with Gasteiger partial charge in [-0.05, 0) is 50.8 Å². The van der Waals surface area contributed by atoms with Gasteiger partial charge in [-0.2, -0.15) is 0 Å². The lowest BCUT2D eigenvalue weighted by atomic mass is 10.1. The van der Waals surface area contributed by atoms with Crippen LogP contribution in [0.15, 0.2) is 18.2 Å². The van der Waals surface area contributed by atoms with Crippen LogP contribution in [0.1, 0.15) is 57.1 Å². The Bertz CT molecular complexity index is 382. The third-order valence-electron chi connectivity index (χ3n) is 3.52. The Morgan fingerprint density at radius 2 is 1.89 bits per heavy atom. The van der Waals surface area contributed by atoms with Crippen LogP contribution in [0.25, 0.3) is 0 Å². The second-order valence-electron chi connectivity index (χ2n) is 5.09. The first-order valence-electron chi connectivity index (χ1n) is 6.81. The summed E-state index contributed by atoms with van der Waals surface area (Å²) in [5.41, 5.74) is 0.784. The average Bonchev–Trinajstić information content (AvgIpc) is 2.60. The summed E-state index contributed by atoms with van der Waals surface area (Å²) in [6.45, 7) is 1.74. The number of ether oxygens (including phenoxy) is 1.